The molecular weight excluding hydrogens is 448 g/mol. The van der Waals surface area contributed by atoms with Crippen molar-refractivity contribution in [2.75, 3.05) is 10.8 Å². The van der Waals surface area contributed by atoms with E-state index in [4.69, 9.17) is 10.3 Å². The number of carbonyl (C=O) groups is 2. The number of rotatable bonds is 5. The molecule has 3 heterocycles. The van der Waals surface area contributed by atoms with Crippen molar-refractivity contribution in [1.29, 1.82) is 0 Å². The lowest BCUT2D eigenvalue weighted by Gasteiger charge is -2.31. The number of benzene rings is 1. The summed E-state index contributed by atoms with van der Waals surface area (Å²) in [6, 6.07) is 5.76. The highest BCUT2D eigenvalue weighted by molar-refractivity contribution is 7.93. The molecule has 1 aromatic carbocycles. The van der Waals surface area contributed by atoms with Gasteiger partial charge in [0, 0.05) is 29.8 Å². The summed E-state index contributed by atoms with van der Waals surface area (Å²) in [5, 5.41) is 14.1. The number of anilines is 1. The number of aromatic nitrogens is 3. The van der Waals surface area contributed by atoms with Crippen LogP contribution in [0.3, 0.4) is 0 Å². The molecule has 0 fully saturated rings. The van der Waals surface area contributed by atoms with Gasteiger partial charge in [0.15, 0.2) is 16.5 Å². The van der Waals surface area contributed by atoms with Gasteiger partial charge in [-0.3, -0.25) is 14.7 Å². The van der Waals surface area contributed by atoms with Crippen LogP contribution in [0.4, 0.5) is 5.82 Å². The predicted octanol–water partition coefficient (Wildman–Crippen LogP) is 1.53. The molecule has 0 atom stereocenters. The molecule has 2 amide bonds. The minimum atomic E-state index is -4.54. The lowest BCUT2D eigenvalue weighted by Crippen LogP contribution is -2.42. The summed E-state index contributed by atoms with van der Waals surface area (Å²) < 4.78 is 33.4. The van der Waals surface area contributed by atoms with Gasteiger partial charge in [0.05, 0.1) is 11.1 Å². The molecule has 1 aliphatic rings. The Balaban J connectivity index is 1.99. The van der Waals surface area contributed by atoms with E-state index >= 15 is 0 Å². The molecule has 1 aliphatic heterocycles. The number of primary amides is 1. The van der Waals surface area contributed by atoms with Gasteiger partial charge in [-0.15, -0.1) is 0 Å². The topological polar surface area (TPSA) is 164 Å². The molecule has 0 saturated heterocycles. The molecule has 33 heavy (non-hydrogen) atoms. The summed E-state index contributed by atoms with van der Waals surface area (Å²) in [4.78, 5) is 25.5. The first kappa shape index (κ1) is 22.7. The first-order valence-electron chi connectivity index (χ1n) is 10.2. The third kappa shape index (κ3) is 3.60. The monoisotopic (exact) mass is 472 g/mol. The summed E-state index contributed by atoms with van der Waals surface area (Å²) >= 11 is 0. The van der Waals surface area contributed by atoms with Crippen LogP contribution in [0.15, 0.2) is 33.7 Å². The van der Waals surface area contributed by atoms with Crippen molar-refractivity contribution < 1.29 is 22.5 Å². The van der Waals surface area contributed by atoms with Crippen LogP contribution in [0.5, 0.6) is 0 Å². The van der Waals surface area contributed by atoms with Gasteiger partial charge >= 0.3 is 0 Å². The van der Waals surface area contributed by atoms with Crippen molar-refractivity contribution in [2.24, 2.45) is 5.73 Å². The molecule has 0 unspecified atom stereocenters. The lowest BCUT2D eigenvalue weighted by molar-refractivity contribution is 0.0969. The standard InChI is InChI=1S/C21H24N6O5S/c1-11-16(12(2)32-26-11)33(30,31)27(20(29)14-8-6-5-7-13(14)18(22)28)19-15-9-23-10-21(3,4)17(15)24-25-19/h5-8,23H,9-10H2,1-4H3,(H2,22,28)(H,24,25). The SMILES string of the molecule is Cc1noc(C)c1S(=O)(=O)N(C(=O)c1ccccc1C(N)=O)c1n[nH]c2c1CNCC2(C)C. The number of hydrogen-bond donors (Lipinski definition) is 3. The maximum Gasteiger partial charge on any atom is 0.277 e. The molecule has 0 radical (unpaired) electrons. The van der Waals surface area contributed by atoms with Gasteiger partial charge in [-0.1, -0.05) is 31.1 Å². The van der Waals surface area contributed by atoms with Crippen molar-refractivity contribution in [3.63, 3.8) is 0 Å². The molecule has 0 spiro atoms. The van der Waals surface area contributed by atoms with Gasteiger partial charge in [-0.25, -0.2) is 8.42 Å². The van der Waals surface area contributed by atoms with Crippen molar-refractivity contribution >= 4 is 27.7 Å². The summed E-state index contributed by atoms with van der Waals surface area (Å²) in [5.41, 5.74) is 6.14. The van der Waals surface area contributed by atoms with Crippen LogP contribution in [-0.4, -0.2) is 42.1 Å². The number of fused-ring (bicyclic) bond motifs is 1. The molecule has 0 saturated carbocycles. The highest BCUT2D eigenvalue weighted by Gasteiger charge is 2.42. The molecule has 2 aromatic heterocycles. The van der Waals surface area contributed by atoms with Gasteiger partial charge in [0.2, 0.25) is 5.91 Å². The fraction of sp³-hybridized carbons (Fsp3) is 0.333. The Hall–Kier alpha value is -3.51. The van der Waals surface area contributed by atoms with Crippen molar-refractivity contribution in [3.8, 4) is 0 Å². The van der Waals surface area contributed by atoms with E-state index in [1.165, 1.54) is 38.1 Å². The fourth-order valence-corrected chi connectivity index (χ4v) is 5.78. The first-order valence-corrected chi connectivity index (χ1v) is 11.6. The second-order valence-corrected chi connectivity index (χ2v) is 10.2. The molecule has 0 aliphatic carbocycles. The van der Waals surface area contributed by atoms with E-state index in [-0.39, 0.29) is 38.7 Å². The van der Waals surface area contributed by atoms with Crippen LogP contribution in [0.2, 0.25) is 0 Å². The highest BCUT2D eigenvalue weighted by atomic mass is 32.2. The van der Waals surface area contributed by atoms with E-state index in [0.717, 1.165) is 0 Å². The number of hydrogen-bond acceptors (Lipinski definition) is 8. The third-order valence-electron chi connectivity index (χ3n) is 5.66. The number of carbonyl (C=O) groups excluding carboxylic acids is 2. The van der Waals surface area contributed by atoms with Gasteiger partial charge in [-0.2, -0.15) is 9.40 Å². The average molecular weight is 473 g/mol. The smallest absolute Gasteiger partial charge is 0.277 e. The minimum Gasteiger partial charge on any atom is -0.366 e. The van der Waals surface area contributed by atoms with Crippen LogP contribution in [0.25, 0.3) is 0 Å². The Morgan fingerprint density at radius 3 is 2.45 bits per heavy atom. The van der Waals surface area contributed by atoms with E-state index in [1.54, 1.807) is 0 Å². The summed E-state index contributed by atoms with van der Waals surface area (Å²) in [5.74, 6) is -1.89. The van der Waals surface area contributed by atoms with Crippen LogP contribution in [-0.2, 0) is 22.0 Å². The van der Waals surface area contributed by atoms with Crippen LogP contribution in [0, 0.1) is 13.8 Å². The molecule has 174 valence electrons. The maximum absolute atomic E-state index is 13.9. The van der Waals surface area contributed by atoms with E-state index in [0.29, 0.717) is 28.7 Å². The summed E-state index contributed by atoms with van der Waals surface area (Å²) in [6.45, 7) is 7.78. The Kier molecular flexibility index (Phi) is 5.37. The van der Waals surface area contributed by atoms with E-state index in [9.17, 15) is 18.0 Å². The lowest BCUT2D eigenvalue weighted by atomic mass is 9.84. The number of H-pyrrole nitrogens is 1. The highest BCUT2D eigenvalue weighted by Crippen LogP contribution is 2.37. The largest absolute Gasteiger partial charge is 0.366 e. The number of sulfonamides is 1. The first-order chi connectivity index (χ1) is 15.5. The molecule has 11 nitrogen and oxygen atoms in total. The van der Waals surface area contributed by atoms with Crippen LogP contribution in [0.1, 0.15) is 57.3 Å². The number of aryl methyl sites for hydroxylation is 2. The third-order valence-corrected chi connectivity index (χ3v) is 7.57. The van der Waals surface area contributed by atoms with Crippen molar-refractivity contribution in [1.82, 2.24) is 20.7 Å². The molecule has 4 rings (SSSR count). The second kappa shape index (κ2) is 7.81. The average Bonchev–Trinajstić information content (AvgIpc) is 3.32. The fourth-order valence-electron chi connectivity index (χ4n) is 4.09. The predicted molar refractivity (Wildman–Crippen MR) is 118 cm³/mol. The Morgan fingerprint density at radius 1 is 1.18 bits per heavy atom. The van der Waals surface area contributed by atoms with Crippen LogP contribution < -0.4 is 15.4 Å². The number of amides is 2. The zero-order valence-electron chi connectivity index (χ0n) is 18.6. The quantitative estimate of drug-likeness (QED) is 0.503. The van der Waals surface area contributed by atoms with E-state index in [2.05, 4.69) is 20.7 Å². The number of nitrogens with zero attached hydrogens (tertiary/aromatic N) is 3. The van der Waals surface area contributed by atoms with Crippen molar-refractivity contribution in [2.45, 2.75) is 44.6 Å². The van der Waals surface area contributed by atoms with Gasteiger partial charge in [0.1, 0.15) is 5.69 Å². The second-order valence-electron chi connectivity index (χ2n) is 8.53. The minimum absolute atomic E-state index is 0.0244. The maximum atomic E-state index is 13.9. The van der Waals surface area contributed by atoms with Crippen molar-refractivity contribution in [3.05, 3.63) is 58.1 Å². The Bertz CT molecular complexity index is 1350. The normalized spacial score (nSPS) is 15.2. The molecule has 0 bridgehead atoms. The molecule has 12 heteroatoms. The number of nitrogens with one attached hydrogen (secondary N) is 2. The molecule has 3 aromatic rings. The zero-order valence-corrected chi connectivity index (χ0v) is 19.4. The Labute approximate surface area is 190 Å². The van der Waals surface area contributed by atoms with E-state index < -0.39 is 21.8 Å². The molecular formula is C21H24N6O5S. The van der Waals surface area contributed by atoms with Crippen LogP contribution >= 0.6 is 0 Å². The van der Waals surface area contributed by atoms with Gasteiger partial charge in [0.25, 0.3) is 15.9 Å². The van der Waals surface area contributed by atoms with Gasteiger partial charge < -0.3 is 15.6 Å². The van der Waals surface area contributed by atoms with E-state index in [1.807, 2.05) is 13.8 Å². The number of nitrogens with two attached hydrogens (primary N) is 1. The Morgan fingerprint density at radius 2 is 1.85 bits per heavy atom. The van der Waals surface area contributed by atoms with Gasteiger partial charge in [-0.05, 0) is 26.0 Å². The molecule has 4 N–H and O–H groups in total. The summed E-state index contributed by atoms with van der Waals surface area (Å²) in [6.07, 6.45) is 0. The summed E-state index contributed by atoms with van der Waals surface area (Å²) in [7, 11) is -4.54. The number of aromatic amines is 1. The zero-order chi connectivity index (χ0) is 24.1.